The number of rotatable bonds is 5. The molecule has 0 aliphatic rings. The fourth-order valence-corrected chi connectivity index (χ4v) is 2.58. The van der Waals surface area contributed by atoms with Crippen molar-refractivity contribution >= 4 is 22.5 Å². The monoisotopic (exact) mass is 319 g/mol. The molecule has 0 amide bonds. The molecule has 0 atom stereocenters. The third-order valence-corrected chi connectivity index (χ3v) is 3.79. The van der Waals surface area contributed by atoms with Crippen LogP contribution in [0, 0.1) is 0 Å². The number of benzene rings is 2. The first kappa shape index (κ1) is 14.4. The normalized spacial score (nSPS) is 11.0. The summed E-state index contributed by atoms with van der Waals surface area (Å²) in [6, 6.07) is 14.2. The Morgan fingerprint density at radius 2 is 1.92 bits per heavy atom. The van der Waals surface area contributed by atoms with E-state index in [4.69, 9.17) is 0 Å². The second-order valence-corrected chi connectivity index (χ2v) is 5.53. The van der Waals surface area contributed by atoms with Crippen LogP contribution in [0.1, 0.15) is 5.56 Å². The van der Waals surface area contributed by atoms with Crippen molar-refractivity contribution < 1.29 is 0 Å². The molecule has 7 heteroatoms. The van der Waals surface area contributed by atoms with Gasteiger partial charge in [0.15, 0.2) is 5.82 Å². The summed E-state index contributed by atoms with van der Waals surface area (Å²) >= 11 is 0. The second kappa shape index (κ2) is 6.13. The van der Waals surface area contributed by atoms with Gasteiger partial charge >= 0.3 is 0 Å². The first-order valence-electron chi connectivity index (χ1n) is 7.68. The van der Waals surface area contributed by atoms with Gasteiger partial charge < -0.3 is 10.6 Å². The summed E-state index contributed by atoms with van der Waals surface area (Å²) in [5, 5.41) is 21.5. The average molecular weight is 319 g/mol. The number of nitrogens with one attached hydrogen (secondary N) is 4. The van der Waals surface area contributed by atoms with Crippen molar-refractivity contribution in [1.82, 2.24) is 30.7 Å². The van der Waals surface area contributed by atoms with Crippen molar-refractivity contribution in [2.45, 2.75) is 6.54 Å². The SMILES string of the molecule is CNCc1ccc(-c2nc(Nc3ccc4[nH]ncc4c3)n[nH]2)cc1. The van der Waals surface area contributed by atoms with Gasteiger partial charge in [0.05, 0.1) is 11.7 Å². The van der Waals surface area contributed by atoms with Crippen LogP contribution in [0.3, 0.4) is 0 Å². The van der Waals surface area contributed by atoms with E-state index in [1.54, 1.807) is 6.20 Å². The van der Waals surface area contributed by atoms with Crippen molar-refractivity contribution in [3.05, 3.63) is 54.2 Å². The molecule has 0 fully saturated rings. The highest BCUT2D eigenvalue weighted by atomic mass is 15.3. The largest absolute Gasteiger partial charge is 0.323 e. The highest BCUT2D eigenvalue weighted by molar-refractivity contribution is 5.82. The summed E-state index contributed by atoms with van der Waals surface area (Å²) in [4.78, 5) is 4.50. The molecule has 0 saturated carbocycles. The van der Waals surface area contributed by atoms with Gasteiger partial charge in [-0.2, -0.15) is 10.1 Å². The van der Waals surface area contributed by atoms with Crippen LogP contribution in [0.2, 0.25) is 0 Å². The van der Waals surface area contributed by atoms with E-state index in [2.05, 4.69) is 48.1 Å². The number of aromatic amines is 2. The Labute approximate surface area is 138 Å². The van der Waals surface area contributed by atoms with E-state index < -0.39 is 0 Å². The van der Waals surface area contributed by atoms with E-state index in [0.29, 0.717) is 5.95 Å². The molecule has 4 aromatic rings. The number of H-pyrrole nitrogens is 2. The van der Waals surface area contributed by atoms with Gasteiger partial charge in [-0.05, 0) is 30.8 Å². The van der Waals surface area contributed by atoms with Crippen LogP contribution in [-0.4, -0.2) is 32.4 Å². The molecule has 2 aromatic heterocycles. The van der Waals surface area contributed by atoms with Gasteiger partial charge in [0.1, 0.15) is 0 Å². The van der Waals surface area contributed by atoms with E-state index in [0.717, 1.165) is 34.5 Å². The van der Waals surface area contributed by atoms with Crippen molar-refractivity contribution in [2.24, 2.45) is 0 Å². The Kier molecular flexibility index (Phi) is 3.68. The Bertz CT molecular complexity index is 952. The molecule has 0 aliphatic heterocycles. The van der Waals surface area contributed by atoms with Crippen LogP contribution in [0.25, 0.3) is 22.3 Å². The van der Waals surface area contributed by atoms with Crippen LogP contribution >= 0.6 is 0 Å². The molecule has 24 heavy (non-hydrogen) atoms. The summed E-state index contributed by atoms with van der Waals surface area (Å²) in [5.41, 5.74) is 4.14. The molecule has 0 spiro atoms. The van der Waals surface area contributed by atoms with Gasteiger partial charge in [-0.3, -0.25) is 10.2 Å². The highest BCUT2D eigenvalue weighted by Crippen LogP contribution is 2.21. The van der Waals surface area contributed by atoms with Gasteiger partial charge in [0.2, 0.25) is 5.95 Å². The lowest BCUT2D eigenvalue weighted by Crippen LogP contribution is -2.04. The molecular weight excluding hydrogens is 302 g/mol. The van der Waals surface area contributed by atoms with E-state index in [9.17, 15) is 0 Å². The Balaban J connectivity index is 1.53. The van der Waals surface area contributed by atoms with Crippen LogP contribution in [0.4, 0.5) is 11.6 Å². The molecule has 0 unspecified atom stereocenters. The number of hydrogen-bond donors (Lipinski definition) is 4. The lowest BCUT2D eigenvalue weighted by Gasteiger charge is -2.02. The van der Waals surface area contributed by atoms with Gasteiger partial charge in [0.25, 0.3) is 0 Å². The number of hydrogen-bond acceptors (Lipinski definition) is 5. The molecule has 0 aliphatic carbocycles. The van der Waals surface area contributed by atoms with Gasteiger partial charge in [-0.25, -0.2) is 0 Å². The zero-order chi connectivity index (χ0) is 16.4. The first-order chi connectivity index (χ1) is 11.8. The molecule has 0 radical (unpaired) electrons. The maximum absolute atomic E-state index is 4.50. The average Bonchev–Trinajstić information content (AvgIpc) is 3.25. The third-order valence-electron chi connectivity index (χ3n) is 3.79. The quantitative estimate of drug-likeness (QED) is 0.454. The topological polar surface area (TPSA) is 94.3 Å². The van der Waals surface area contributed by atoms with Crippen molar-refractivity contribution in [1.29, 1.82) is 0 Å². The Morgan fingerprint density at radius 3 is 2.75 bits per heavy atom. The minimum absolute atomic E-state index is 0.534. The maximum Gasteiger partial charge on any atom is 0.246 e. The first-order valence-corrected chi connectivity index (χ1v) is 7.68. The molecule has 2 aromatic carbocycles. The molecule has 7 nitrogen and oxygen atoms in total. The Hall–Kier alpha value is -3.19. The van der Waals surface area contributed by atoms with Crippen molar-refractivity contribution in [3.63, 3.8) is 0 Å². The highest BCUT2D eigenvalue weighted by Gasteiger charge is 2.07. The van der Waals surface area contributed by atoms with Crippen molar-refractivity contribution in [2.75, 3.05) is 12.4 Å². The maximum atomic E-state index is 4.50. The fraction of sp³-hybridized carbons (Fsp3) is 0.118. The number of anilines is 2. The lowest BCUT2D eigenvalue weighted by molar-refractivity contribution is 0.818. The molecular formula is C17H17N7. The standard InChI is InChI=1S/C17H17N7/c1-18-9-11-2-4-12(5-3-11)16-21-17(24-23-16)20-14-6-7-15-13(8-14)10-19-22-15/h2-8,10,18H,9H2,1H3,(H,19,22)(H2,20,21,23,24). The van der Waals surface area contributed by atoms with Gasteiger partial charge in [-0.1, -0.05) is 24.3 Å². The number of nitrogens with zero attached hydrogens (tertiary/aromatic N) is 3. The van der Waals surface area contributed by atoms with Crippen molar-refractivity contribution in [3.8, 4) is 11.4 Å². The van der Waals surface area contributed by atoms with Gasteiger partial charge in [0, 0.05) is 23.2 Å². The van der Waals surface area contributed by atoms with Gasteiger partial charge in [-0.15, -0.1) is 5.10 Å². The fourth-order valence-electron chi connectivity index (χ4n) is 2.58. The molecule has 4 rings (SSSR count). The lowest BCUT2D eigenvalue weighted by atomic mass is 10.1. The minimum Gasteiger partial charge on any atom is -0.323 e. The Morgan fingerprint density at radius 1 is 1.04 bits per heavy atom. The van der Waals surface area contributed by atoms with Crippen LogP contribution in [-0.2, 0) is 6.54 Å². The minimum atomic E-state index is 0.534. The zero-order valence-electron chi connectivity index (χ0n) is 13.2. The summed E-state index contributed by atoms with van der Waals surface area (Å²) in [5.74, 6) is 1.27. The van der Waals surface area contributed by atoms with E-state index in [1.165, 1.54) is 5.56 Å². The predicted octanol–water partition coefficient (Wildman–Crippen LogP) is 2.81. The smallest absolute Gasteiger partial charge is 0.246 e. The van der Waals surface area contributed by atoms with Crippen LogP contribution in [0.5, 0.6) is 0 Å². The van der Waals surface area contributed by atoms with Crippen LogP contribution in [0.15, 0.2) is 48.7 Å². The summed E-state index contributed by atoms with van der Waals surface area (Å²) in [7, 11) is 1.93. The molecule has 120 valence electrons. The van der Waals surface area contributed by atoms with Crippen LogP contribution < -0.4 is 10.6 Å². The summed E-state index contributed by atoms with van der Waals surface area (Å²) in [6.07, 6.45) is 1.79. The van der Waals surface area contributed by atoms with E-state index in [1.807, 2.05) is 37.4 Å². The summed E-state index contributed by atoms with van der Waals surface area (Å²) in [6.45, 7) is 0.847. The number of fused-ring (bicyclic) bond motifs is 1. The molecule has 4 N–H and O–H groups in total. The molecule has 2 heterocycles. The second-order valence-electron chi connectivity index (χ2n) is 5.53. The zero-order valence-corrected chi connectivity index (χ0v) is 13.2. The molecule has 0 bridgehead atoms. The third kappa shape index (κ3) is 2.84. The van der Waals surface area contributed by atoms with E-state index in [-0.39, 0.29) is 0 Å². The molecule has 0 saturated heterocycles. The predicted molar refractivity (Wildman–Crippen MR) is 94.0 cm³/mol. The number of aromatic nitrogens is 5. The summed E-state index contributed by atoms with van der Waals surface area (Å²) < 4.78 is 0. The van der Waals surface area contributed by atoms with E-state index >= 15 is 0 Å².